The van der Waals surface area contributed by atoms with Gasteiger partial charge in [0.2, 0.25) is 5.91 Å². The predicted octanol–water partition coefficient (Wildman–Crippen LogP) is 6.68. The second kappa shape index (κ2) is 11.8. The largest absolute Gasteiger partial charge is 0.497 e. The van der Waals surface area contributed by atoms with E-state index in [4.69, 9.17) is 4.74 Å². The predicted molar refractivity (Wildman–Crippen MR) is 168 cm³/mol. The maximum Gasteiger partial charge on any atom is 0.416 e. The maximum atomic E-state index is 14.0. The molecule has 3 aromatic carbocycles. The Labute approximate surface area is 261 Å². The van der Waals surface area contributed by atoms with E-state index in [0.717, 1.165) is 35.0 Å². The van der Waals surface area contributed by atoms with Crippen molar-refractivity contribution in [1.82, 2.24) is 4.90 Å². The van der Waals surface area contributed by atoms with E-state index in [0.29, 0.717) is 55.8 Å². The fourth-order valence-corrected chi connectivity index (χ4v) is 6.68. The third-order valence-corrected chi connectivity index (χ3v) is 8.93. The molecule has 1 unspecified atom stereocenters. The summed E-state index contributed by atoms with van der Waals surface area (Å²) in [7, 11) is 1.63. The van der Waals surface area contributed by atoms with E-state index >= 15 is 0 Å². The molecule has 0 bridgehead atoms. The van der Waals surface area contributed by atoms with E-state index in [9.17, 15) is 22.8 Å². The van der Waals surface area contributed by atoms with Gasteiger partial charge < -0.3 is 24.8 Å². The summed E-state index contributed by atoms with van der Waals surface area (Å²) in [5.74, 6) is 0.599. The molecule has 236 valence electrons. The molecule has 2 heterocycles. The zero-order valence-electron chi connectivity index (χ0n) is 25.7. The molecule has 3 aromatic rings. The molecule has 45 heavy (non-hydrogen) atoms. The fourth-order valence-electron chi connectivity index (χ4n) is 6.68. The van der Waals surface area contributed by atoms with Crippen molar-refractivity contribution in [3.8, 4) is 5.75 Å². The molecule has 1 N–H and O–H groups in total. The summed E-state index contributed by atoms with van der Waals surface area (Å²) in [4.78, 5) is 33.8. The molecule has 1 aliphatic carbocycles. The van der Waals surface area contributed by atoms with E-state index in [1.165, 1.54) is 12.1 Å². The second-order valence-corrected chi connectivity index (χ2v) is 12.7. The molecule has 6 rings (SSSR count). The summed E-state index contributed by atoms with van der Waals surface area (Å²) in [5, 5.41) is 3.49. The number of amides is 1. The molecule has 0 aromatic heterocycles. The number of nitrogens with zero attached hydrogens (tertiary/aromatic N) is 3. The first-order chi connectivity index (χ1) is 21.4. The van der Waals surface area contributed by atoms with Crippen molar-refractivity contribution < 1.29 is 27.5 Å². The third-order valence-electron chi connectivity index (χ3n) is 8.93. The number of methoxy groups -OCH3 is 1. The van der Waals surface area contributed by atoms with E-state index in [-0.39, 0.29) is 23.7 Å². The number of halogens is 3. The van der Waals surface area contributed by atoms with Gasteiger partial charge in [-0.25, -0.2) is 0 Å². The van der Waals surface area contributed by atoms with Gasteiger partial charge in [0.25, 0.3) is 0 Å². The number of ketones is 1. The Balaban J connectivity index is 1.34. The van der Waals surface area contributed by atoms with Gasteiger partial charge >= 0.3 is 6.18 Å². The Kier molecular flexibility index (Phi) is 8.01. The van der Waals surface area contributed by atoms with E-state index in [1.54, 1.807) is 7.11 Å². The number of ether oxygens (including phenoxy) is 1. The van der Waals surface area contributed by atoms with Crippen LogP contribution < -0.4 is 19.9 Å². The van der Waals surface area contributed by atoms with Crippen LogP contribution in [0.3, 0.4) is 0 Å². The molecule has 0 radical (unpaired) electrons. The summed E-state index contributed by atoms with van der Waals surface area (Å²) in [6.07, 6.45) is -3.60. The molecule has 0 saturated carbocycles. The van der Waals surface area contributed by atoms with Crippen molar-refractivity contribution in [3.63, 3.8) is 0 Å². The van der Waals surface area contributed by atoms with E-state index in [1.807, 2.05) is 72.2 Å². The third kappa shape index (κ3) is 6.23. The number of hydrogen-bond acceptors (Lipinski definition) is 6. The summed E-state index contributed by atoms with van der Waals surface area (Å²) in [6, 6.07) is 19.6. The number of anilines is 3. The molecule has 7 nitrogen and oxygen atoms in total. The summed E-state index contributed by atoms with van der Waals surface area (Å²) in [6.45, 7) is 6.37. The average Bonchev–Trinajstić information content (AvgIpc) is 3.14. The van der Waals surface area contributed by atoms with Crippen LogP contribution in [0.15, 0.2) is 84.1 Å². The van der Waals surface area contributed by atoms with Gasteiger partial charge in [-0.15, -0.1) is 0 Å². The van der Waals surface area contributed by atoms with Crippen molar-refractivity contribution in [3.05, 3.63) is 95.2 Å². The minimum atomic E-state index is -4.49. The van der Waals surface area contributed by atoms with Crippen molar-refractivity contribution in [2.75, 3.05) is 55.0 Å². The highest BCUT2D eigenvalue weighted by atomic mass is 19.4. The highest BCUT2D eigenvalue weighted by Gasteiger charge is 2.42. The number of benzene rings is 3. The van der Waals surface area contributed by atoms with Gasteiger partial charge in [-0.2, -0.15) is 13.2 Å². The Morgan fingerprint density at radius 3 is 2.24 bits per heavy atom. The van der Waals surface area contributed by atoms with Crippen LogP contribution in [-0.4, -0.2) is 56.4 Å². The normalized spacial score (nSPS) is 19.8. The standard InChI is InChI=1S/C35H37F3N4O3/c1-34(2)20-28-32(30(43)21-34)33(23-8-10-24(11-9-23)35(36,37)38)42(29-7-5-4-6-27(29)39-28)22-31(44)41-18-16-40(17-19-41)25-12-14-26(45-3)15-13-25/h4-15,33,39H,16-22H2,1-3H3. The summed E-state index contributed by atoms with van der Waals surface area (Å²) >= 11 is 0. The van der Waals surface area contributed by atoms with Crippen molar-refractivity contribution in [2.45, 2.75) is 38.9 Å². The van der Waals surface area contributed by atoms with Gasteiger partial charge in [0.1, 0.15) is 5.75 Å². The first kappa shape index (κ1) is 30.6. The lowest BCUT2D eigenvalue weighted by Crippen LogP contribution is -2.52. The van der Waals surface area contributed by atoms with Crippen molar-refractivity contribution in [2.24, 2.45) is 5.41 Å². The highest BCUT2D eigenvalue weighted by molar-refractivity contribution is 6.02. The number of piperazine rings is 1. The lowest BCUT2D eigenvalue weighted by Gasteiger charge is -2.40. The zero-order valence-corrected chi connectivity index (χ0v) is 25.7. The number of alkyl halides is 3. The number of fused-ring (bicyclic) bond motifs is 1. The number of allylic oxidation sites excluding steroid dienone is 1. The van der Waals surface area contributed by atoms with Crippen LogP contribution in [0.2, 0.25) is 0 Å². The van der Waals surface area contributed by atoms with Gasteiger partial charge in [0, 0.05) is 49.6 Å². The van der Waals surface area contributed by atoms with Crippen LogP contribution in [0.5, 0.6) is 5.75 Å². The quantitative estimate of drug-likeness (QED) is 0.344. The zero-order chi connectivity index (χ0) is 31.9. The van der Waals surface area contributed by atoms with Gasteiger partial charge in [-0.1, -0.05) is 38.1 Å². The van der Waals surface area contributed by atoms with Crippen LogP contribution in [0, 0.1) is 5.41 Å². The van der Waals surface area contributed by atoms with E-state index in [2.05, 4.69) is 10.2 Å². The number of Topliss-reactive ketones (excluding diaryl/α,β-unsaturated/α-hetero) is 1. The molecule has 3 aliphatic rings. The molecular formula is C35H37F3N4O3. The Hall–Kier alpha value is -4.47. The van der Waals surface area contributed by atoms with Crippen molar-refractivity contribution in [1.29, 1.82) is 0 Å². The highest BCUT2D eigenvalue weighted by Crippen LogP contribution is 2.48. The Morgan fingerprint density at radius 2 is 1.60 bits per heavy atom. The second-order valence-electron chi connectivity index (χ2n) is 12.7. The number of carbonyl (C=O) groups excluding carboxylic acids is 2. The topological polar surface area (TPSA) is 65.1 Å². The number of nitrogens with one attached hydrogen (secondary N) is 1. The minimum Gasteiger partial charge on any atom is -0.497 e. The van der Waals surface area contributed by atoms with Gasteiger partial charge in [-0.3, -0.25) is 9.59 Å². The molecule has 1 fully saturated rings. The van der Waals surface area contributed by atoms with Gasteiger partial charge in [0.15, 0.2) is 5.78 Å². The van der Waals surface area contributed by atoms with Crippen LogP contribution in [0.4, 0.5) is 30.2 Å². The van der Waals surface area contributed by atoms with Crippen LogP contribution in [0.1, 0.15) is 43.9 Å². The Morgan fingerprint density at radius 1 is 0.933 bits per heavy atom. The fraction of sp³-hybridized carbons (Fsp3) is 0.371. The number of hydrogen-bond donors (Lipinski definition) is 1. The molecule has 1 atom stereocenters. The summed E-state index contributed by atoms with van der Waals surface area (Å²) in [5.41, 5.74) is 3.24. The molecular weight excluding hydrogens is 581 g/mol. The Bertz CT molecular complexity index is 1610. The molecule has 2 aliphatic heterocycles. The first-order valence-electron chi connectivity index (χ1n) is 15.2. The van der Waals surface area contributed by atoms with Crippen LogP contribution >= 0.6 is 0 Å². The van der Waals surface area contributed by atoms with Crippen LogP contribution in [-0.2, 0) is 15.8 Å². The van der Waals surface area contributed by atoms with E-state index < -0.39 is 17.8 Å². The molecule has 0 spiro atoms. The van der Waals surface area contributed by atoms with Gasteiger partial charge in [0.05, 0.1) is 36.6 Å². The number of rotatable bonds is 5. The average molecular weight is 619 g/mol. The number of carbonyl (C=O) groups is 2. The lowest BCUT2D eigenvalue weighted by molar-refractivity contribution is -0.137. The number of para-hydroxylation sites is 2. The minimum absolute atomic E-state index is 0.0413. The smallest absolute Gasteiger partial charge is 0.416 e. The lowest BCUT2D eigenvalue weighted by atomic mass is 9.73. The first-order valence-corrected chi connectivity index (χ1v) is 15.2. The molecule has 1 amide bonds. The van der Waals surface area contributed by atoms with Crippen molar-refractivity contribution >= 4 is 28.8 Å². The summed E-state index contributed by atoms with van der Waals surface area (Å²) < 4.78 is 45.8. The maximum absolute atomic E-state index is 14.0. The van der Waals surface area contributed by atoms with Gasteiger partial charge in [-0.05, 0) is 65.9 Å². The molecule has 10 heteroatoms. The SMILES string of the molecule is COc1ccc(N2CCN(C(=O)CN3c4ccccc4NC4=C(C(=O)CC(C)(C)C4)C3c3ccc(C(F)(F)F)cc3)CC2)cc1. The van der Waals surface area contributed by atoms with Crippen LogP contribution in [0.25, 0.3) is 0 Å². The monoisotopic (exact) mass is 618 g/mol. The molecule has 1 saturated heterocycles.